The third-order valence-corrected chi connectivity index (χ3v) is 13.3. The fraction of sp³-hybridized carbons (Fsp3) is 0.939. The van der Waals surface area contributed by atoms with Crippen molar-refractivity contribution < 1.29 is 19.1 Å². The van der Waals surface area contributed by atoms with Crippen molar-refractivity contribution >= 4 is 29.5 Å². The fourth-order valence-electron chi connectivity index (χ4n) is 8.24. The topological polar surface area (TPSA) is 87.7 Å². The van der Waals surface area contributed by atoms with Crippen molar-refractivity contribution in [1.82, 2.24) is 15.5 Å². The summed E-state index contributed by atoms with van der Waals surface area (Å²) in [5.41, 5.74) is 0. The number of unbranched alkanes of at least 4 members (excludes halogenated alkanes) is 20. The van der Waals surface area contributed by atoms with Gasteiger partial charge in [0.25, 0.3) is 0 Å². The first-order valence-corrected chi connectivity index (χ1v) is 26.0. The van der Waals surface area contributed by atoms with Crippen molar-refractivity contribution in [1.29, 1.82) is 0 Å². The van der Waals surface area contributed by atoms with Gasteiger partial charge in [-0.1, -0.05) is 182 Å². The van der Waals surface area contributed by atoms with E-state index in [0.717, 1.165) is 70.2 Å². The van der Waals surface area contributed by atoms with Gasteiger partial charge < -0.3 is 20.3 Å². The molecule has 2 N–H and O–H groups in total. The molecule has 1 rings (SSSR count). The predicted molar refractivity (Wildman–Crippen MR) is 247 cm³/mol. The van der Waals surface area contributed by atoms with Crippen LogP contribution in [0.1, 0.15) is 233 Å². The van der Waals surface area contributed by atoms with Crippen LogP contribution in [0.25, 0.3) is 0 Å². The highest BCUT2D eigenvalue weighted by atomic mass is 32.2. The molecule has 0 saturated carbocycles. The third kappa shape index (κ3) is 31.3. The molecule has 57 heavy (non-hydrogen) atoms. The van der Waals surface area contributed by atoms with Crippen LogP contribution in [0.15, 0.2) is 0 Å². The second kappa shape index (κ2) is 38.9. The quantitative estimate of drug-likeness (QED) is 0.0473. The Hall–Kier alpha value is -1.28. The predicted octanol–water partition coefficient (Wildman–Crippen LogP) is 13.0. The molecule has 1 heterocycles. The average Bonchev–Trinajstić information content (AvgIpc) is 3.21. The molecule has 0 aliphatic carbocycles. The van der Waals surface area contributed by atoms with Gasteiger partial charge >= 0.3 is 5.97 Å². The molecule has 1 aliphatic heterocycles. The van der Waals surface area contributed by atoms with E-state index in [2.05, 4.69) is 50.3 Å². The van der Waals surface area contributed by atoms with Gasteiger partial charge in [-0.3, -0.25) is 14.4 Å². The van der Waals surface area contributed by atoms with Crippen LogP contribution >= 0.6 is 11.8 Å². The lowest BCUT2D eigenvalue weighted by molar-refractivity contribution is -0.144. The van der Waals surface area contributed by atoms with Gasteiger partial charge in [-0.05, 0) is 76.8 Å². The number of hydrogen-bond donors (Lipinski definition) is 2. The molecule has 1 aliphatic rings. The number of nitrogens with one attached hydrogen (secondary N) is 2. The fourth-order valence-corrected chi connectivity index (χ4v) is 9.16. The summed E-state index contributed by atoms with van der Waals surface area (Å²) >= 11 is 1.70. The number of rotatable bonds is 40. The van der Waals surface area contributed by atoms with E-state index in [-0.39, 0.29) is 29.7 Å². The molecule has 7 nitrogen and oxygen atoms in total. The van der Waals surface area contributed by atoms with Crippen LogP contribution in [0.4, 0.5) is 0 Å². The van der Waals surface area contributed by atoms with Crippen LogP contribution in [0.3, 0.4) is 0 Å². The van der Waals surface area contributed by atoms with Crippen LogP contribution in [-0.2, 0) is 19.1 Å². The van der Waals surface area contributed by atoms with E-state index in [1.807, 2.05) is 0 Å². The Morgan fingerprint density at radius 3 is 1.51 bits per heavy atom. The Labute approximate surface area is 358 Å². The number of carbonyl (C=O) groups is 3. The largest absolute Gasteiger partial charge is 0.465 e. The summed E-state index contributed by atoms with van der Waals surface area (Å²) in [5, 5.41) is 6.58. The lowest BCUT2D eigenvalue weighted by atomic mass is 9.92. The summed E-state index contributed by atoms with van der Waals surface area (Å²) < 4.78 is 5.85. The van der Waals surface area contributed by atoms with E-state index in [0.29, 0.717) is 31.1 Å². The van der Waals surface area contributed by atoms with Crippen LogP contribution in [-0.4, -0.2) is 73.0 Å². The number of ether oxygens (including phenoxy) is 1. The van der Waals surface area contributed by atoms with E-state index >= 15 is 0 Å². The summed E-state index contributed by atoms with van der Waals surface area (Å²) in [6, 6.07) is -0.388. The van der Waals surface area contributed by atoms with Gasteiger partial charge in [-0.15, -0.1) is 0 Å². The first-order valence-electron chi connectivity index (χ1n) is 24.9. The summed E-state index contributed by atoms with van der Waals surface area (Å²) in [6.45, 7) is 11.5. The van der Waals surface area contributed by atoms with E-state index in [4.69, 9.17) is 4.74 Å². The van der Waals surface area contributed by atoms with E-state index in [1.165, 1.54) is 141 Å². The minimum absolute atomic E-state index is 0.0335. The molecule has 0 aromatic rings. The second-order valence-electron chi connectivity index (χ2n) is 17.8. The van der Waals surface area contributed by atoms with Crippen molar-refractivity contribution in [3.63, 3.8) is 0 Å². The SMILES string of the molecule is CCCCCCCCCCC(CCCCCCCC)C(=O)NC(CCSCCC(=O)OCC(CCCCCC)CCCCCCCC)C(=O)NC1CCN(C)CC1. The van der Waals surface area contributed by atoms with Gasteiger partial charge in [0.1, 0.15) is 6.04 Å². The molecule has 0 radical (unpaired) electrons. The molecule has 0 bridgehead atoms. The molecule has 2 amide bonds. The number of likely N-dealkylation sites (tertiary alicyclic amines) is 1. The molecular weight excluding hydrogens is 727 g/mol. The molecule has 0 spiro atoms. The number of carbonyl (C=O) groups excluding carboxylic acids is 3. The highest BCUT2D eigenvalue weighted by molar-refractivity contribution is 7.99. The highest BCUT2D eigenvalue weighted by Gasteiger charge is 2.28. The van der Waals surface area contributed by atoms with Crippen LogP contribution in [0.5, 0.6) is 0 Å². The van der Waals surface area contributed by atoms with Crippen LogP contribution < -0.4 is 10.6 Å². The van der Waals surface area contributed by atoms with Crippen LogP contribution in [0.2, 0.25) is 0 Å². The van der Waals surface area contributed by atoms with E-state index < -0.39 is 6.04 Å². The standard InChI is InChI=1S/C49H95N3O4S/c1-6-10-14-18-21-22-25-29-33-44(32-28-24-20-16-12-8-3)48(54)51-46(49(55)50-45-34-38-52(5)39-35-45)36-40-57-41-37-47(53)56-42-43(30-26-17-13-9-4)31-27-23-19-15-11-7-2/h43-46H,6-42H2,1-5H3,(H,50,55)(H,51,54). The average molecular weight is 822 g/mol. The molecular formula is C49H95N3O4S. The minimum atomic E-state index is -0.544. The number of thioether (sulfide) groups is 1. The monoisotopic (exact) mass is 822 g/mol. The van der Waals surface area contributed by atoms with Crippen molar-refractivity contribution in [3.05, 3.63) is 0 Å². The third-order valence-electron chi connectivity index (χ3n) is 12.3. The molecule has 1 fully saturated rings. The van der Waals surface area contributed by atoms with Gasteiger partial charge in [-0.25, -0.2) is 0 Å². The zero-order chi connectivity index (χ0) is 41.6. The first kappa shape index (κ1) is 53.7. The lowest BCUT2D eigenvalue weighted by Gasteiger charge is -2.31. The Morgan fingerprint density at radius 1 is 0.579 bits per heavy atom. The van der Waals surface area contributed by atoms with Crippen LogP contribution in [0, 0.1) is 11.8 Å². The molecule has 1 saturated heterocycles. The maximum absolute atomic E-state index is 14.0. The first-order chi connectivity index (χ1) is 27.8. The van der Waals surface area contributed by atoms with Gasteiger partial charge in [0.05, 0.1) is 13.0 Å². The molecule has 3 atom stereocenters. The van der Waals surface area contributed by atoms with E-state index in [1.54, 1.807) is 11.8 Å². The molecule has 0 aromatic carbocycles. The smallest absolute Gasteiger partial charge is 0.306 e. The normalized spacial score (nSPS) is 15.3. The second-order valence-corrected chi connectivity index (χ2v) is 19.0. The number of nitrogens with zero attached hydrogens (tertiary/aromatic N) is 1. The number of amides is 2. The van der Waals surface area contributed by atoms with Crippen molar-refractivity contribution in [2.24, 2.45) is 11.8 Å². The maximum Gasteiger partial charge on any atom is 0.306 e. The summed E-state index contributed by atoms with van der Waals surface area (Å²) in [5.74, 6) is 1.75. The zero-order valence-corrected chi connectivity index (χ0v) is 39.3. The molecule has 336 valence electrons. The Balaban J connectivity index is 2.72. The molecule has 0 aromatic heterocycles. The van der Waals surface area contributed by atoms with Crippen molar-refractivity contribution in [2.75, 3.05) is 38.2 Å². The van der Waals surface area contributed by atoms with Gasteiger partial charge in [0.15, 0.2) is 0 Å². The number of esters is 1. The zero-order valence-electron chi connectivity index (χ0n) is 38.5. The van der Waals surface area contributed by atoms with Gasteiger partial charge in [-0.2, -0.15) is 11.8 Å². The number of piperidine rings is 1. The highest BCUT2D eigenvalue weighted by Crippen LogP contribution is 2.22. The Bertz CT molecular complexity index is 944. The number of hydrogen-bond acceptors (Lipinski definition) is 6. The van der Waals surface area contributed by atoms with Crippen molar-refractivity contribution in [3.8, 4) is 0 Å². The van der Waals surface area contributed by atoms with Gasteiger partial charge in [0.2, 0.25) is 11.8 Å². The van der Waals surface area contributed by atoms with E-state index in [9.17, 15) is 14.4 Å². The van der Waals surface area contributed by atoms with Crippen molar-refractivity contribution in [2.45, 2.75) is 245 Å². The summed E-state index contributed by atoms with van der Waals surface area (Å²) in [7, 11) is 2.13. The Kier molecular flexibility index (Phi) is 36.7. The minimum Gasteiger partial charge on any atom is -0.465 e. The maximum atomic E-state index is 14.0. The summed E-state index contributed by atoms with van der Waals surface area (Å²) in [4.78, 5) is 42.9. The molecule has 8 heteroatoms. The Morgan fingerprint density at radius 2 is 1.02 bits per heavy atom. The molecule has 3 unspecified atom stereocenters. The van der Waals surface area contributed by atoms with Gasteiger partial charge in [0, 0.05) is 17.7 Å². The lowest BCUT2D eigenvalue weighted by Crippen LogP contribution is -2.53. The summed E-state index contributed by atoms with van der Waals surface area (Å²) in [6.07, 6.45) is 37.2.